The monoisotopic (exact) mass is 232 g/mol. The molecular formula is C11H21Br. The first-order chi connectivity index (χ1) is 5.67. The van der Waals surface area contributed by atoms with E-state index in [1.807, 2.05) is 0 Å². The van der Waals surface area contributed by atoms with Gasteiger partial charge in [0.05, 0.1) is 0 Å². The van der Waals surface area contributed by atoms with Crippen molar-refractivity contribution in [3.05, 3.63) is 0 Å². The average molecular weight is 233 g/mol. The van der Waals surface area contributed by atoms with Gasteiger partial charge in [0, 0.05) is 5.33 Å². The Kier molecular flexibility index (Phi) is 4.09. The summed E-state index contributed by atoms with van der Waals surface area (Å²) in [7, 11) is 0. The Morgan fingerprint density at radius 3 is 2.00 bits per heavy atom. The van der Waals surface area contributed by atoms with Crippen LogP contribution < -0.4 is 0 Å². The Morgan fingerprint density at radius 1 is 1.08 bits per heavy atom. The maximum absolute atomic E-state index is 3.63. The van der Waals surface area contributed by atoms with Crippen molar-refractivity contribution < 1.29 is 0 Å². The third kappa shape index (κ3) is 2.76. The maximum atomic E-state index is 3.63. The number of halogens is 1. The highest BCUT2D eigenvalue weighted by Crippen LogP contribution is 2.38. The summed E-state index contributed by atoms with van der Waals surface area (Å²) in [6.45, 7) is 4.80. The van der Waals surface area contributed by atoms with Crippen molar-refractivity contribution in [3.8, 4) is 0 Å². The lowest BCUT2D eigenvalue weighted by molar-refractivity contribution is 0.223. The Hall–Kier alpha value is 0.480. The van der Waals surface area contributed by atoms with Gasteiger partial charge in [0.2, 0.25) is 0 Å². The lowest BCUT2D eigenvalue weighted by atomic mass is 9.76. The van der Waals surface area contributed by atoms with Crippen molar-refractivity contribution in [1.29, 1.82) is 0 Å². The first-order valence-electron chi connectivity index (χ1n) is 5.23. The number of hydrogen-bond acceptors (Lipinski definition) is 0. The van der Waals surface area contributed by atoms with Gasteiger partial charge in [-0.2, -0.15) is 0 Å². The molecule has 72 valence electrons. The van der Waals surface area contributed by atoms with Crippen LogP contribution in [0.3, 0.4) is 0 Å². The fourth-order valence-corrected chi connectivity index (χ4v) is 2.63. The molecule has 0 spiro atoms. The maximum Gasteiger partial charge on any atom is 0.00853 e. The van der Waals surface area contributed by atoms with Crippen LogP contribution in [0, 0.1) is 11.3 Å². The Labute approximate surface area is 85.3 Å². The normalized spacial score (nSPS) is 22.2. The molecule has 12 heavy (non-hydrogen) atoms. The van der Waals surface area contributed by atoms with E-state index in [0.717, 1.165) is 11.2 Å². The second-order valence-corrected chi connectivity index (χ2v) is 5.37. The van der Waals surface area contributed by atoms with Gasteiger partial charge in [-0.25, -0.2) is 0 Å². The molecule has 0 N–H and O–H groups in total. The summed E-state index contributed by atoms with van der Waals surface area (Å²) >= 11 is 3.63. The van der Waals surface area contributed by atoms with E-state index in [1.165, 1.54) is 38.5 Å². The minimum Gasteiger partial charge on any atom is -0.0922 e. The second kappa shape index (κ2) is 4.64. The van der Waals surface area contributed by atoms with Crippen molar-refractivity contribution in [3.63, 3.8) is 0 Å². The van der Waals surface area contributed by atoms with Gasteiger partial charge >= 0.3 is 0 Å². The molecule has 0 radical (unpaired) electrons. The molecule has 0 aromatic heterocycles. The van der Waals surface area contributed by atoms with Gasteiger partial charge in [-0.05, 0) is 24.2 Å². The van der Waals surface area contributed by atoms with Crippen molar-refractivity contribution >= 4 is 15.9 Å². The van der Waals surface area contributed by atoms with Gasteiger partial charge < -0.3 is 0 Å². The highest BCUT2D eigenvalue weighted by molar-refractivity contribution is 9.09. The van der Waals surface area contributed by atoms with Crippen molar-refractivity contribution in [2.45, 2.75) is 52.4 Å². The SMILES string of the molecule is CC(C)(CBr)C1CCCCCC1. The summed E-state index contributed by atoms with van der Waals surface area (Å²) < 4.78 is 0. The third-order valence-electron chi connectivity index (χ3n) is 3.30. The Balaban J connectivity index is 2.47. The molecule has 0 nitrogen and oxygen atoms in total. The van der Waals surface area contributed by atoms with Crippen LogP contribution in [0.1, 0.15) is 52.4 Å². The summed E-state index contributed by atoms with van der Waals surface area (Å²) in [4.78, 5) is 0. The predicted octanol–water partition coefficient (Wildman–Crippen LogP) is 4.38. The zero-order valence-electron chi connectivity index (χ0n) is 8.41. The van der Waals surface area contributed by atoms with E-state index >= 15 is 0 Å². The zero-order chi connectivity index (χ0) is 9.03. The van der Waals surface area contributed by atoms with Gasteiger partial charge in [-0.3, -0.25) is 0 Å². The summed E-state index contributed by atoms with van der Waals surface area (Å²) in [6, 6.07) is 0. The molecule has 0 saturated heterocycles. The lowest BCUT2D eigenvalue weighted by Gasteiger charge is -2.32. The molecule has 1 fully saturated rings. The molecule has 0 amide bonds. The molecule has 1 aliphatic carbocycles. The van der Waals surface area contributed by atoms with E-state index in [4.69, 9.17) is 0 Å². The quantitative estimate of drug-likeness (QED) is 0.490. The van der Waals surface area contributed by atoms with E-state index in [2.05, 4.69) is 29.8 Å². The molecule has 0 aromatic carbocycles. The molecule has 1 saturated carbocycles. The van der Waals surface area contributed by atoms with Crippen molar-refractivity contribution in [2.75, 3.05) is 5.33 Å². The van der Waals surface area contributed by atoms with E-state index in [9.17, 15) is 0 Å². The van der Waals surface area contributed by atoms with Gasteiger partial charge in [-0.1, -0.05) is 55.5 Å². The van der Waals surface area contributed by atoms with E-state index < -0.39 is 0 Å². The van der Waals surface area contributed by atoms with Crippen LogP contribution in [0.25, 0.3) is 0 Å². The largest absolute Gasteiger partial charge is 0.0922 e. The van der Waals surface area contributed by atoms with E-state index in [0.29, 0.717) is 5.41 Å². The summed E-state index contributed by atoms with van der Waals surface area (Å²) in [6.07, 6.45) is 8.77. The summed E-state index contributed by atoms with van der Waals surface area (Å²) in [5.74, 6) is 0.958. The predicted molar refractivity (Wildman–Crippen MR) is 58.8 cm³/mol. The smallest absolute Gasteiger partial charge is 0.00853 e. The van der Waals surface area contributed by atoms with Crippen LogP contribution >= 0.6 is 15.9 Å². The van der Waals surface area contributed by atoms with Crippen molar-refractivity contribution in [1.82, 2.24) is 0 Å². The van der Waals surface area contributed by atoms with Gasteiger partial charge in [0.1, 0.15) is 0 Å². The highest BCUT2D eigenvalue weighted by Gasteiger charge is 2.28. The molecule has 1 rings (SSSR count). The fraction of sp³-hybridized carbons (Fsp3) is 1.00. The molecule has 0 bridgehead atoms. The minimum atomic E-state index is 0.518. The molecule has 0 atom stereocenters. The van der Waals surface area contributed by atoms with Crippen LogP contribution in [-0.2, 0) is 0 Å². The van der Waals surface area contributed by atoms with Gasteiger partial charge in [-0.15, -0.1) is 0 Å². The first kappa shape index (κ1) is 10.6. The van der Waals surface area contributed by atoms with Crippen LogP contribution in [0.5, 0.6) is 0 Å². The van der Waals surface area contributed by atoms with Gasteiger partial charge in [0.25, 0.3) is 0 Å². The minimum absolute atomic E-state index is 0.518. The second-order valence-electron chi connectivity index (χ2n) is 4.81. The van der Waals surface area contributed by atoms with Crippen molar-refractivity contribution in [2.24, 2.45) is 11.3 Å². The third-order valence-corrected chi connectivity index (χ3v) is 4.75. The summed E-state index contributed by atoms with van der Waals surface area (Å²) in [5.41, 5.74) is 0.518. The van der Waals surface area contributed by atoms with Crippen LogP contribution in [0.4, 0.5) is 0 Å². The van der Waals surface area contributed by atoms with Crippen LogP contribution in [0.15, 0.2) is 0 Å². The molecule has 0 unspecified atom stereocenters. The topological polar surface area (TPSA) is 0 Å². The Morgan fingerprint density at radius 2 is 1.58 bits per heavy atom. The average Bonchev–Trinajstić information content (AvgIpc) is 2.32. The molecule has 0 heterocycles. The number of alkyl halides is 1. The fourth-order valence-electron chi connectivity index (χ4n) is 2.17. The first-order valence-corrected chi connectivity index (χ1v) is 6.35. The number of hydrogen-bond donors (Lipinski definition) is 0. The molecule has 0 aromatic rings. The lowest BCUT2D eigenvalue weighted by Crippen LogP contribution is -2.25. The van der Waals surface area contributed by atoms with Gasteiger partial charge in [0.15, 0.2) is 0 Å². The van der Waals surface area contributed by atoms with Crippen LogP contribution in [-0.4, -0.2) is 5.33 Å². The summed E-state index contributed by atoms with van der Waals surface area (Å²) in [5, 5.41) is 1.16. The highest BCUT2D eigenvalue weighted by atomic mass is 79.9. The van der Waals surface area contributed by atoms with E-state index in [-0.39, 0.29) is 0 Å². The Bertz CT molecular complexity index is 121. The molecular weight excluding hydrogens is 212 g/mol. The van der Waals surface area contributed by atoms with E-state index in [1.54, 1.807) is 0 Å². The molecule has 0 aliphatic heterocycles. The molecule has 1 heteroatoms. The zero-order valence-corrected chi connectivity index (χ0v) is 9.99. The number of rotatable bonds is 2. The van der Waals surface area contributed by atoms with Crippen LogP contribution in [0.2, 0.25) is 0 Å². The molecule has 1 aliphatic rings. The standard InChI is InChI=1S/C11H21Br/c1-11(2,9-12)10-7-5-3-4-6-8-10/h10H,3-9H2,1-2H3.